The zero-order chi connectivity index (χ0) is 14.5. The van der Waals surface area contributed by atoms with Crippen molar-refractivity contribution in [2.24, 2.45) is 5.41 Å². The predicted octanol–water partition coefficient (Wildman–Crippen LogP) is 3.75. The molecular formula is C14H19ClN2OS. The third-order valence-electron chi connectivity index (χ3n) is 2.88. The van der Waals surface area contributed by atoms with E-state index in [9.17, 15) is 4.21 Å². The van der Waals surface area contributed by atoms with Crippen molar-refractivity contribution in [3.05, 3.63) is 23.2 Å². The normalized spacial score (nSPS) is 12.9. The molecule has 1 rings (SSSR count). The third-order valence-corrected chi connectivity index (χ3v) is 4.81. The van der Waals surface area contributed by atoms with Gasteiger partial charge in [0.05, 0.1) is 32.2 Å². The first-order chi connectivity index (χ1) is 8.85. The van der Waals surface area contributed by atoms with Crippen molar-refractivity contribution in [2.45, 2.75) is 38.0 Å². The predicted molar refractivity (Wildman–Crippen MR) is 80.4 cm³/mol. The average molecular weight is 299 g/mol. The number of nitrogens with zero attached hydrogens (tertiary/aromatic N) is 1. The largest absolute Gasteiger partial charge is 0.399 e. The summed E-state index contributed by atoms with van der Waals surface area (Å²) in [6, 6.07) is 7.29. The zero-order valence-electron chi connectivity index (χ0n) is 11.3. The molecule has 0 heterocycles. The maximum atomic E-state index is 12.1. The van der Waals surface area contributed by atoms with Gasteiger partial charge in [-0.1, -0.05) is 18.0 Å². The lowest BCUT2D eigenvalue weighted by atomic mass is 9.89. The van der Waals surface area contributed by atoms with E-state index in [0.29, 0.717) is 21.4 Å². The quantitative estimate of drug-likeness (QED) is 0.642. The third kappa shape index (κ3) is 5.22. The second-order valence-electron chi connectivity index (χ2n) is 5.19. The number of nitriles is 1. The highest BCUT2D eigenvalue weighted by atomic mass is 35.5. The Morgan fingerprint density at radius 3 is 2.74 bits per heavy atom. The van der Waals surface area contributed by atoms with Gasteiger partial charge in [-0.25, -0.2) is 0 Å². The molecule has 1 atom stereocenters. The molecule has 0 aliphatic rings. The first kappa shape index (κ1) is 16.0. The molecule has 0 aliphatic heterocycles. The van der Waals surface area contributed by atoms with Gasteiger partial charge in [0.1, 0.15) is 0 Å². The molecule has 1 aromatic carbocycles. The maximum absolute atomic E-state index is 12.1. The van der Waals surface area contributed by atoms with Crippen LogP contribution in [0.4, 0.5) is 5.69 Å². The molecule has 2 N–H and O–H groups in total. The lowest BCUT2D eigenvalue weighted by Crippen LogP contribution is -2.08. The van der Waals surface area contributed by atoms with Crippen molar-refractivity contribution >= 4 is 28.1 Å². The van der Waals surface area contributed by atoms with Gasteiger partial charge in [-0.15, -0.1) is 0 Å². The summed E-state index contributed by atoms with van der Waals surface area (Å²) in [6.45, 7) is 3.83. The minimum Gasteiger partial charge on any atom is -0.399 e. The SMILES string of the molecule is CC(C)(C#N)CCCCS(=O)c1cc(N)ccc1Cl. The van der Waals surface area contributed by atoms with E-state index in [1.807, 2.05) is 13.8 Å². The van der Waals surface area contributed by atoms with Crippen molar-refractivity contribution in [2.75, 3.05) is 11.5 Å². The Bertz CT molecular complexity index is 509. The van der Waals surface area contributed by atoms with Gasteiger partial charge in [-0.05, 0) is 44.9 Å². The van der Waals surface area contributed by atoms with Crippen LogP contribution in [-0.2, 0) is 10.8 Å². The molecule has 5 heteroatoms. The van der Waals surface area contributed by atoms with Gasteiger partial charge in [-0.2, -0.15) is 5.26 Å². The number of hydrogen-bond donors (Lipinski definition) is 1. The van der Waals surface area contributed by atoms with Crippen LogP contribution < -0.4 is 5.73 Å². The van der Waals surface area contributed by atoms with Crippen LogP contribution in [0.3, 0.4) is 0 Å². The highest BCUT2D eigenvalue weighted by molar-refractivity contribution is 7.85. The highest BCUT2D eigenvalue weighted by Crippen LogP contribution is 2.25. The van der Waals surface area contributed by atoms with E-state index in [1.165, 1.54) is 0 Å². The van der Waals surface area contributed by atoms with Crippen LogP contribution in [0.2, 0.25) is 5.02 Å². The van der Waals surface area contributed by atoms with Gasteiger partial charge in [-0.3, -0.25) is 4.21 Å². The van der Waals surface area contributed by atoms with Gasteiger partial charge in [0, 0.05) is 11.4 Å². The Hall–Kier alpha value is -1.05. The molecular weight excluding hydrogens is 280 g/mol. The summed E-state index contributed by atoms with van der Waals surface area (Å²) < 4.78 is 12.1. The van der Waals surface area contributed by atoms with Crippen molar-refractivity contribution < 1.29 is 4.21 Å². The summed E-state index contributed by atoms with van der Waals surface area (Å²) in [7, 11) is -1.13. The summed E-state index contributed by atoms with van der Waals surface area (Å²) in [5.74, 6) is 0.546. The second-order valence-corrected chi connectivity index (χ2v) is 7.14. The molecule has 1 aromatic rings. The summed E-state index contributed by atoms with van der Waals surface area (Å²) in [4.78, 5) is 0.598. The molecule has 104 valence electrons. The van der Waals surface area contributed by atoms with Crippen LogP contribution in [0.5, 0.6) is 0 Å². The van der Waals surface area contributed by atoms with E-state index >= 15 is 0 Å². The van der Waals surface area contributed by atoms with Crippen molar-refractivity contribution in [3.8, 4) is 6.07 Å². The molecule has 19 heavy (non-hydrogen) atoms. The number of hydrogen-bond acceptors (Lipinski definition) is 3. The Morgan fingerprint density at radius 1 is 1.42 bits per heavy atom. The molecule has 0 radical (unpaired) electrons. The topological polar surface area (TPSA) is 66.9 Å². The number of halogens is 1. The number of unbranched alkanes of at least 4 members (excludes halogenated alkanes) is 1. The molecule has 0 spiro atoms. The van der Waals surface area contributed by atoms with E-state index < -0.39 is 10.8 Å². The Balaban J connectivity index is 2.49. The molecule has 1 unspecified atom stereocenters. The second kappa shape index (κ2) is 6.93. The fourth-order valence-corrected chi connectivity index (χ4v) is 3.28. The van der Waals surface area contributed by atoms with Gasteiger partial charge in [0.25, 0.3) is 0 Å². The van der Waals surface area contributed by atoms with Crippen LogP contribution in [-0.4, -0.2) is 9.96 Å². The first-order valence-corrected chi connectivity index (χ1v) is 7.90. The standard InChI is InChI=1S/C14H19ClN2OS/c1-14(2,10-16)7-3-4-8-19(18)13-9-11(17)5-6-12(13)15/h5-6,9H,3-4,7-8,17H2,1-2H3. The van der Waals surface area contributed by atoms with Gasteiger partial charge < -0.3 is 5.73 Å². The lowest BCUT2D eigenvalue weighted by molar-refractivity contribution is 0.432. The van der Waals surface area contributed by atoms with E-state index in [-0.39, 0.29) is 5.41 Å². The van der Waals surface area contributed by atoms with Crippen molar-refractivity contribution in [1.29, 1.82) is 5.26 Å². The van der Waals surface area contributed by atoms with Gasteiger partial charge >= 0.3 is 0 Å². The zero-order valence-corrected chi connectivity index (χ0v) is 12.9. The molecule has 0 aliphatic carbocycles. The van der Waals surface area contributed by atoms with Crippen molar-refractivity contribution in [1.82, 2.24) is 0 Å². The summed E-state index contributed by atoms with van der Waals surface area (Å²) in [5.41, 5.74) is 5.92. The fraction of sp³-hybridized carbons (Fsp3) is 0.500. The van der Waals surface area contributed by atoms with Gasteiger partial charge in [0.15, 0.2) is 0 Å². The maximum Gasteiger partial charge on any atom is 0.0683 e. The first-order valence-electron chi connectivity index (χ1n) is 6.20. The monoisotopic (exact) mass is 298 g/mol. The number of nitrogen functional groups attached to an aromatic ring is 1. The van der Waals surface area contributed by atoms with Crippen LogP contribution in [0.1, 0.15) is 33.1 Å². The minimum atomic E-state index is -1.13. The average Bonchev–Trinajstić information content (AvgIpc) is 2.37. The van der Waals surface area contributed by atoms with Crippen LogP contribution in [0.15, 0.2) is 23.1 Å². The lowest BCUT2D eigenvalue weighted by Gasteiger charge is -2.14. The smallest absolute Gasteiger partial charge is 0.0683 e. The molecule has 3 nitrogen and oxygen atoms in total. The van der Waals surface area contributed by atoms with E-state index in [2.05, 4.69) is 6.07 Å². The highest BCUT2D eigenvalue weighted by Gasteiger charge is 2.16. The number of nitrogens with two attached hydrogens (primary N) is 1. The van der Waals surface area contributed by atoms with Crippen LogP contribution in [0, 0.1) is 16.7 Å². The summed E-state index contributed by atoms with van der Waals surface area (Å²) in [5, 5.41) is 9.40. The van der Waals surface area contributed by atoms with Gasteiger partial charge in [0.2, 0.25) is 0 Å². The Labute approximate surface area is 122 Å². The van der Waals surface area contributed by atoms with Crippen LogP contribution in [0.25, 0.3) is 0 Å². The van der Waals surface area contributed by atoms with E-state index in [4.69, 9.17) is 22.6 Å². The molecule has 0 saturated heterocycles. The Morgan fingerprint density at radius 2 is 2.11 bits per heavy atom. The Kier molecular flexibility index (Phi) is 5.84. The van der Waals surface area contributed by atoms with E-state index in [0.717, 1.165) is 19.3 Å². The summed E-state index contributed by atoms with van der Waals surface area (Å²) >= 11 is 6.01. The van der Waals surface area contributed by atoms with E-state index in [1.54, 1.807) is 18.2 Å². The molecule has 0 bridgehead atoms. The minimum absolute atomic E-state index is 0.309. The number of rotatable bonds is 6. The molecule has 0 saturated carbocycles. The summed E-state index contributed by atoms with van der Waals surface area (Å²) in [6.07, 6.45) is 2.50. The fourth-order valence-electron chi connectivity index (χ4n) is 1.66. The molecule has 0 aromatic heterocycles. The number of benzene rings is 1. The molecule has 0 fully saturated rings. The molecule has 0 amide bonds. The van der Waals surface area contributed by atoms with Crippen LogP contribution >= 0.6 is 11.6 Å². The number of anilines is 1. The van der Waals surface area contributed by atoms with Crippen molar-refractivity contribution in [3.63, 3.8) is 0 Å².